The molecular formula is C17H22F3N3O2. The maximum absolute atomic E-state index is 12.6. The maximum Gasteiger partial charge on any atom is 0.422 e. The van der Waals surface area contributed by atoms with Crippen molar-refractivity contribution < 1.29 is 22.7 Å². The van der Waals surface area contributed by atoms with Crippen molar-refractivity contribution in [3.8, 4) is 5.75 Å². The van der Waals surface area contributed by atoms with Crippen LogP contribution in [0, 0.1) is 5.92 Å². The molecule has 3 rings (SSSR count). The van der Waals surface area contributed by atoms with Crippen molar-refractivity contribution in [2.24, 2.45) is 5.92 Å². The number of hydrogen-bond donors (Lipinski definition) is 1. The van der Waals surface area contributed by atoms with Gasteiger partial charge in [-0.3, -0.25) is 0 Å². The highest BCUT2D eigenvalue weighted by Crippen LogP contribution is 2.31. The number of anilines is 1. The summed E-state index contributed by atoms with van der Waals surface area (Å²) in [6.07, 6.45) is -2.46. The number of carbonyl (C=O) groups excluding carboxylic acids is 1. The van der Waals surface area contributed by atoms with Gasteiger partial charge in [0.05, 0.1) is 0 Å². The van der Waals surface area contributed by atoms with Crippen molar-refractivity contribution in [3.05, 3.63) is 24.3 Å². The highest BCUT2D eigenvalue weighted by Gasteiger charge is 2.39. The maximum atomic E-state index is 12.6. The van der Waals surface area contributed by atoms with Gasteiger partial charge in [-0.15, -0.1) is 0 Å². The van der Waals surface area contributed by atoms with Gasteiger partial charge in [0.15, 0.2) is 6.61 Å². The fourth-order valence-electron chi connectivity index (χ4n) is 3.64. The van der Waals surface area contributed by atoms with Crippen LogP contribution >= 0.6 is 0 Å². The molecule has 1 N–H and O–H groups in total. The normalized spacial score (nSPS) is 24.1. The summed E-state index contributed by atoms with van der Waals surface area (Å²) in [6.45, 7) is 1.31. The number of ether oxygens (including phenoxy) is 1. The van der Waals surface area contributed by atoms with E-state index in [9.17, 15) is 18.0 Å². The molecule has 138 valence electrons. The first kappa shape index (κ1) is 17.8. The zero-order chi connectivity index (χ0) is 18.0. The Bertz CT molecular complexity index is 623. The number of carbonyl (C=O) groups is 1. The summed E-state index contributed by atoms with van der Waals surface area (Å²) in [5.74, 6) is 0.569. The molecule has 1 aromatic carbocycles. The molecule has 0 bridgehead atoms. The second-order valence-corrected chi connectivity index (χ2v) is 6.72. The van der Waals surface area contributed by atoms with E-state index in [-0.39, 0.29) is 17.8 Å². The molecule has 2 fully saturated rings. The SMILES string of the molecule is CN1CC[C@H]2[C@H](CCN2C(=O)Nc2cccc(OCC(F)(F)F)c2)C1. The highest BCUT2D eigenvalue weighted by atomic mass is 19.4. The smallest absolute Gasteiger partial charge is 0.422 e. The number of urea groups is 1. The summed E-state index contributed by atoms with van der Waals surface area (Å²) in [6, 6.07) is 6.08. The fourth-order valence-corrected chi connectivity index (χ4v) is 3.64. The van der Waals surface area contributed by atoms with Crippen LogP contribution in [-0.2, 0) is 0 Å². The molecule has 0 spiro atoms. The first-order chi connectivity index (χ1) is 11.8. The quantitative estimate of drug-likeness (QED) is 0.904. The summed E-state index contributed by atoms with van der Waals surface area (Å²) < 4.78 is 41.4. The van der Waals surface area contributed by atoms with Crippen molar-refractivity contribution in [3.63, 3.8) is 0 Å². The molecular weight excluding hydrogens is 335 g/mol. The summed E-state index contributed by atoms with van der Waals surface area (Å²) in [4.78, 5) is 16.7. The van der Waals surface area contributed by atoms with Gasteiger partial charge >= 0.3 is 12.2 Å². The molecule has 2 heterocycles. The van der Waals surface area contributed by atoms with E-state index in [0.717, 1.165) is 25.9 Å². The third-order valence-electron chi connectivity index (χ3n) is 4.79. The molecule has 1 aromatic rings. The molecule has 0 aliphatic carbocycles. The van der Waals surface area contributed by atoms with Gasteiger partial charge in [-0.05, 0) is 44.5 Å². The van der Waals surface area contributed by atoms with Gasteiger partial charge in [-0.1, -0.05) is 6.07 Å². The minimum Gasteiger partial charge on any atom is -0.484 e. The number of likely N-dealkylation sites (tertiary alicyclic amines) is 2. The van der Waals surface area contributed by atoms with Crippen LogP contribution in [-0.4, -0.2) is 61.3 Å². The Hall–Kier alpha value is -1.96. The van der Waals surface area contributed by atoms with Crippen LogP contribution < -0.4 is 10.1 Å². The predicted molar refractivity (Wildman–Crippen MR) is 87.7 cm³/mol. The number of rotatable bonds is 3. The van der Waals surface area contributed by atoms with Crippen LogP contribution in [0.25, 0.3) is 0 Å². The predicted octanol–water partition coefficient (Wildman–Crippen LogP) is 3.19. The number of halogens is 3. The largest absolute Gasteiger partial charge is 0.484 e. The monoisotopic (exact) mass is 357 g/mol. The fraction of sp³-hybridized carbons (Fsp3) is 0.588. The van der Waals surface area contributed by atoms with Crippen molar-refractivity contribution in [1.82, 2.24) is 9.80 Å². The lowest BCUT2D eigenvalue weighted by molar-refractivity contribution is -0.153. The first-order valence-electron chi connectivity index (χ1n) is 8.37. The molecule has 25 heavy (non-hydrogen) atoms. The van der Waals surface area contributed by atoms with Gasteiger partial charge in [0, 0.05) is 30.9 Å². The number of amides is 2. The molecule has 8 heteroatoms. The van der Waals surface area contributed by atoms with E-state index < -0.39 is 12.8 Å². The molecule has 2 aliphatic heterocycles. The van der Waals surface area contributed by atoms with Crippen LogP contribution in [0.4, 0.5) is 23.7 Å². The van der Waals surface area contributed by atoms with Crippen molar-refractivity contribution in [2.45, 2.75) is 25.1 Å². The summed E-state index contributed by atoms with van der Waals surface area (Å²) >= 11 is 0. The number of hydrogen-bond acceptors (Lipinski definition) is 3. The number of nitrogens with one attached hydrogen (secondary N) is 1. The van der Waals surface area contributed by atoms with Crippen molar-refractivity contribution >= 4 is 11.7 Å². The van der Waals surface area contributed by atoms with Crippen molar-refractivity contribution in [2.75, 3.05) is 38.6 Å². The summed E-state index contributed by atoms with van der Waals surface area (Å²) in [7, 11) is 2.09. The van der Waals surface area contributed by atoms with Gasteiger partial charge in [0.2, 0.25) is 0 Å². The molecule has 0 saturated carbocycles. The van der Waals surface area contributed by atoms with Crippen LogP contribution in [0.3, 0.4) is 0 Å². The number of fused-ring (bicyclic) bond motifs is 1. The van der Waals surface area contributed by atoms with Crippen molar-refractivity contribution in [1.29, 1.82) is 0 Å². The average molecular weight is 357 g/mol. The zero-order valence-electron chi connectivity index (χ0n) is 14.1. The standard InChI is InChI=1S/C17H22F3N3O2/c1-22-7-6-15-12(10-22)5-8-23(15)16(24)21-13-3-2-4-14(9-13)25-11-17(18,19)20/h2-4,9,12,15H,5-8,10-11H2,1H3,(H,21,24)/t12-,15+/m1/s1. The van der Waals surface area contributed by atoms with Gasteiger partial charge in [0.1, 0.15) is 5.75 Å². The number of nitrogens with zero attached hydrogens (tertiary/aromatic N) is 2. The Morgan fingerprint density at radius 3 is 2.88 bits per heavy atom. The molecule has 0 unspecified atom stereocenters. The average Bonchev–Trinajstić information content (AvgIpc) is 2.95. The Balaban J connectivity index is 1.60. The lowest BCUT2D eigenvalue weighted by atomic mass is 9.93. The second kappa shape index (κ2) is 7.11. The molecule has 2 saturated heterocycles. The minimum absolute atomic E-state index is 0.0775. The molecule has 5 nitrogen and oxygen atoms in total. The molecule has 2 aliphatic rings. The minimum atomic E-state index is -4.39. The Morgan fingerprint density at radius 2 is 2.12 bits per heavy atom. The lowest BCUT2D eigenvalue weighted by Gasteiger charge is -2.36. The topological polar surface area (TPSA) is 44.8 Å². The second-order valence-electron chi connectivity index (χ2n) is 6.72. The van der Waals surface area contributed by atoms with Gasteiger partial charge in [-0.2, -0.15) is 13.2 Å². The van der Waals surface area contributed by atoms with Gasteiger partial charge in [-0.25, -0.2) is 4.79 Å². The van der Waals surface area contributed by atoms with E-state index in [4.69, 9.17) is 4.74 Å². The number of alkyl halides is 3. The Labute approximate surface area is 144 Å². The van der Waals surface area contributed by atoms with E-state index in [0.29, 0.717) is 18.2 Å². The summed E-state index contributed by atoms with van der Waals surface area (Å²) in [5.41, 5.74) is 0.432. The zero-order valence-corrected chi connectivity index (χ0v) is 14.1. The van der Waals surface area contributed by atoms with E-state index in [1.165, 1.54) is 12.1 Å². The van der Waals surface area contributed by atoms with Gasteiger partial charge in [0.25, 0.3) is 0 Å². The highest BCUT2D eigenvalue weighted by molar-refractivity contribution is 5.90. The van der Waals surface area contributed by atoms with Crippen LogP contribution in [0.15, 0.2) is 24.3 Å². The van der Waals surface area contributed by atoms with Crippen LogP contribution in [0.1, 0.15) is 12.8 Å². The molecule has 0 radical (unpaired) electrons. The van der Waals surface area contributed by atoms with E-state index >= 15 is 0 Å². The van der Waals surface area contributed by atoms with Gasteiger partial charge < -0.3 is 19.9 Å². The molecule has 2 amide bonds. The third-order valence-corrected chi connectivity index (χ3v) is 4.79. The van der Waals surface area contributed by atoms with Crippen LogP contribution in [0.5, 0.6) is 5.75 Å². The van der Waals surface area contributed by atoms with E-state index in [1.807, 2.05) is 4.90 Å². The molecule has 2 atom stereocenters. The first-order valence-corrected chi connectivity index (χ1v) is 8.37. The number of benzene rings is 1. The van der Waals surface area contributed by atoms with E-state index in [1.54, 1.807) is 12.1 Å². The lowest BCUT2D eigenvalue weighted by Crippen LogP contribution is -2.47. The third kappa shape index (κ3) is 4.56. The number of piperidine rings is 1. The Kier molecular flexibility index (Phi) is 5.08. The van der Waals surface area contributed by atoms with E-state index in [2.05, 4.69) is 17.3 Å². The molecule has 0 aromatic heterocycles. The van der Waals surface area contributed by atoms with Crippen LogP contribution in [0.2, 0.25) is 0 Å². The summed E-state index contributed by atoms with van der Waals surface area (Å²) in [5, 5.41) is 2.78. The Morgan fingerprint density at radius 1 is 1.32 bits per heavy atom.